The summed E-state index contributed by atoms with van der Waals surface area (Å²) in [5.74, 6) is 2.01. The van der Waals surface area contributed by atoms with E-state index >= 15 is 0 Å². The molecule has 0 spiro atoms. The zero-order valence-electron chi connectivity index (χ0n) is 12.0. The lowest BCUT2D eigenvalue weighted by atomic mass is 9.99. The molecule has 5 atom stereocenters. The number of carbonyl (C=O) groups is 2. The number of hydrogen-bond acceptors (Lipinski definition) is 4. The van der Waals surface area contributed by atoms with Gasteiger partial charge in [-0.1, -0.05) is 0 Å². The number of carbonyl (C=O) groups excluding carboxylic acids is 2. The van der Waals surface area contributed by atoms with Crippen molar-refractivity contribution in [3.05, 3.63) is 0 Å². The van der Waals surface area contributed by atoms with E-state index in [1.54, 1.807) is 0 Å². The molecule has 4 saturated carbocycles. The molecule has 0 aliphatic heterocycles. The molecule has 5 nitrogen and oxygen atoms in total. The molecule has 21 heavy (non-hydrogen) atoms. The van der Waals surface area contributed by atoms with Crippen LogP contribution in [0.3, 0.4) is 0 Å². The Hall–Kier alpha value is -0.910. The van der Waals surface area contributed by atoms with E-state index < -0.39 is 15.3 Å². The molecule has 1 N–H and O–H groups in total. The van der Waals surface area contributed by atoms with Crippen molar-refractivity contribution >= 4 is 21.7 Å². The maximum Gasteiger partial charge on any atom is 0.237 e. The zero-order chi connectivity index (χ0) is 14.8. The minimum atomic E-state index is -3.61. The molecule has 0 saturated heterocycles. The van der Waals surface area contributed by atoms with E-state index in [1.165, 1.54) is 19.3 Å². The molecular weight excluding hydrogens is 290 g/mol. The first-order valence-electron chi connectivity index (χ1n) is 8.04. The standard InChI is InChI=1S/C15H21NO4S/c17-10-3-5-11(6-4-10)21(19,20)16-15(18)14-12-8-1-2-9(7-8)13(12)14/h8-9,11-14H,1-7H2,(H,16,18)/t8-,9+,12+,13-,14?. The second-order valence-electron chi connectivity index (χ2n) is 7.26. The third-order valence-corrected chi connectivity index (χ3v) is 8.04. The summed E-state index contributed by atoms with van der Waals surface area (Å²) in [7, 11) is -3.61. The van der Waals surface area contributed by atoms with Crippen molar-refractivity contribution in [2.75, 3.05) is 0 Å². The fourth-order valence-corrected chi connectivity index (χ4v) is 6.63. The number of hydrogen-bond donors (Lipinski definition) is 1. The molecule has 0 radical (unpaired) electrons. The van der Waals surface area contributed by atoms with Crippen LogP contribution in [0.4, 0.5) is 0 Å². The topological polar surface area (TPSA) is 80.3 Å². The molecule has 0 heterocycles. The Morgan fingerprint density at radius 2 is 1.57 bits per heavy atom. The first-order chi connectivity index (χ1) is 9.97. The van der Waals surface area contributed by atoms with E-state index in [-0.39, 0.29) is 17.6 Å². The number of fused-ring (bicyclic) bond motifs is 5. The minimum Gasteiger partial charge on any atom is -0.300 e. The van der Waals surface area contributed by atoms with Gasteiger partial charge in [-0.25, -0.2) is 8.42 Å². The second kappa shape index (κ2) is 4.54. The Morgan fingerprint density at radius 3 is 2.14 bits per heavy atom. The van der Waals surface area contributed by atoms with Crippen LogP contribution in [0, 0.1) is 29.6 Å². The average Bonchev–Trinajstić information content (AvgIpc) is 2.88. The summed E-state index contributed by atoms with van der Waals surface area (Å²) in [5, 5.41) is -0.575. The van der Waals surface area contributed by atoms with E-state index in [0.29, 0.717) is 49.4 Å². The van der Waals surface area contributed by atoms with Crippen LogP contribution in [-0.4, -0.2) is 25.4 Å². The molecule has 0 aromatic carbocycles. The lowest BCUT2D eigenvalue weighted by molar-refractivity contribution is -0.121. The quantitative estimate of drug-likeness (QED) is 0.850. The number of sulfonamides is 1. The molecule has 4 rings (SSSR count). The number of ketones is 1. The molecule has 4 fully saturated rings. The Morgan fingerprint density at radius 1 is 1.00 bits per heavy atom. The lowest BCUT2D eigenvalue weighted by Crippen LogP contribution is -2.41. The highest BCUT2D eigenvalue weighted by Gasteiger charge is 2.67. The fourth-order valence-electron chi connectivity index (χ4n) is 5.19. The van der Waals surface area contributed by atoms with Crippen LogP contribution in [0.1, 0.15) is 44.9 Å². The Balaban J connectivity index is 1.40. The minimum absolute atomic E-state index is 0.0590. The maximum absolute atomic E-state index is 12.3. The van der Waals surface area contributed by atoms with Crippen LogP contribution < -0.4 is 4.72 Å². The zero-order valence-corrected chi connectivity index (χ0v) is 12.8. The number of Topliss-reactive ketones (excluding diaryl/α,β-unsaturated/α-hetero) is 1. The molecule has 6 heteroatoms. The van der Waals surface area contributed by atoms with Crippen molar-refractivity contribution in [2.24, 2.45) is 29.6 Å². The highest BCUT2D eigenvalue weighted by molar-refractivity contribution is 7.90. The second-order valence-corrected chi connectivity index (χ2v) is 9.22. The van der Waals surface area contributed by atoms with Gasteiger partial charge in [0.25, 0.3) is 0 Å². The maximum atomic E-state index is 12.3. The van der Waals surface area contributed by atoms with Crippen molar-refractivity contribution < 1.29 is 18.0 Å². The Bertz CT molecular complexity index is 573. The van der Waals surface area contributed by atoms with E-state index in [0.717, 1.165) is 0 Å². The van der Waals surface area contributed by atoms with Crippen LogP contribution in [0.25, 0.3) is 0 Å². The smallest absolute Gasteiger partial charge is 0.237 e. The predicted molar refractivity (Wildman–Crippen MR) is 75.6 cm³/mol. The largest absolute Gasteiger partial charge is 0.300 e. The first-order valence-corrected chi connectivity index (χ1v) is 9.59. The van der Waals surface area contributed by atoms with E-state index in [4.69, 9.17) is 0 Å². The van der Waals surface area contributed by atoms with Gasteiger partial charge in [-0.2, -0.15) is 0 Å². The van der Waals surface area contributed by atoms with Crippen molar-refractivity contribution in [2.45, 2.75) is 50.2 Å². The molecular formula is C15H21NO4S. The van der Waals surface area contributed by atoms with Gasteiger partial charge in [0, 0.05) is 18.8 Å². The molecule has 2 bridgehead atoms. The fraction of sp³-hybridized carbons (Fsp3) is 0.867. The van der Waals surface area contributed by atoms with Gasteiger partial charge in [-0.3, -0.25) is 14.3 Å². The van der Waals surface area contributed by atoms with Crippen molar-refractivity contribution in [1.29, 1.82) is 0 Å². The van der Waals surface area contributed by atoms with Crippen LogP contribution in [-0.2, 0) is 19.6 Å². The molecule has 1 unspecified atom stereocenters. The number of nitrogens with one attached hydrogen (secondary N) is 1. The van der Waals surface area contributed by atoms with Gasteiger partial charge >= 0.3 is 0 Å². The summed E-state index contributed by atoms with van der Waals surface area (Å²) in [4.78, 5) is 23.5. The third-order valence-electron chi connectivity index (χ3n) is 6.21. The van der Waals surface area contributed by atoms with E-state index in [9.17, 15) is 18.0 Å². The summed E-state index contributed by atoms with van der Waals surface area (Å²) in [6, 6.07) is 0. The molecule has 4 aliphatic carbocycles. The highest BCUT2D eigenvalue weighted by atomic mass is 32.2. The van der Waals surface area contributed by atoms with Crippen LogP contribution in [0.5, 0.6) is 0 Å². The first kappa shape index (κ1) is 13.7. The van der Waals surface area contributed by atoms with E-state index in [1.807, 2.05) is 0 Å². The molecule has 116 valence electrons. The highest BCUT2D eigenvalue weighted by Crippen LogP contribution is 2.69. The van der Waals surface area contributed by atoms with Gasteiger partial charge in [-0.05, 0) is 55.8 Å². The van der Waals surface area contributed by atoms with Gasteiger partial charge in [0.1, 0.15) is 5.78 Å². The van der Waals surface area contributed by atoms with Gasteiger partial charge in [0.2, 0.25) is 15.9 Å². The monoisotopic (exact) mass is 311 g/mol. The predicted octanol–water partition coefficient (Wildman–Crippen LogP) is 1.24. The third kappa shape index (κ3) is 2.14. The average molecular weight is 311 g/mol. The summed E-state index contributed by atoms with van der Waals surface area (Å²) in [6.07, 6.45) is 5.02. The van der Waals surface area contributed by atoms with Crippen molar-refractivity contribution in [3.8, 4) is 0 Å². The van der Waals surface area contributed by atoms with E-state index in [2.05, 4.69) is 4.72 Å². The Kier molecular flexibility index (Phi) is 2.97. The van der Waals surface area contributed by atoms with Gasteiger partial charge in [0.05, 0.1) is 5.25 Å². The van der Waals surface area contributed by atoms with Crippen LogP contribution >= 0.6 is 0 Å². The number of amides is 1. The summed E-state index contributed by atoms with van der Waals surface area (Å²) in [6.45, 7) is 0. The Labute approximate surface area is 124 Å². The molecule has 1 amide bonds. The van der Waals surface area contributed by atoms with Crippen molar-refractivity contribution in [3.63, 3.8) is 0 Å². The van der Waals surface area contributed by atoms with Gasteiger partial charge in [0.15, 0.2) is 0 Å². The van der Waals surface area contributed by atoms with Gasteiger partial charge in [-0.15, -0.1) is 0 Å². The number of rotatable bonds is 3. The lowest BCUT2D eigenvalue weighted by Gasteiger charge is -2.21. The molecule has 4 aliphatic rings. The SMILES string of the molecule is O=C1CCC(S(=O)(=O)NC(=O)C2[C@@H]3[C@H]4CC[C@H](C4)[C@H]23)CC1. The summed E-state index contributed by atoms with van der Waals surface area (Å²) < 4.78 is 26.9. The normalized spacial score (nSPS) is 41.9. The van der Waals surface area contributed by atoms with Crippen LogP contribution in [0.15, 0.2) is 0 Å². The van der Waals surface area contributed by atoms with Crippen LogP contribution in [0.2, 0.25) is 0 Å². The van der Waals surface area contributed by atoms with Gasteiger partial charge < -0.3 is 0 Å². The van der Waals surface area contributed by atoms with Crippen molar-refractivity contribution in [1.82, 2.24) is 4.72 Å². The molecule has 0 aromatic heterocycles. The summed E-state index contributed by atoms with van der Waals surface area (Å²) in [5.41, 5.74) is 0. The summed E-state index contributed by atoms with van der Waals surface area (Å²) >= 11 is 0. The molecule has 0 aromatic rings.